The van der Waals surface area contributed by atoms with E-state index in [1.807, 2.05) is 36.4 Å². The van der Waals surface area contributed by atoms with Gasteiger partial charge in [-0.15, -0.1) is 0 Å². The van der Waals surface area contributed by atoms with Crippen molar-refractivity contribution in [2.75, 3.05) is 0 Å². The van der Waals surface area contributed by atoms with Crippen LogP contribution in [-0.2, 0) is 7.05 Å². The van der Waals surface area contributed by atoms with Gasteiger partial charge in [-0.1, -0.05) is 36.4 Å². The number of nitrogens with two attached hydrogens (primary N) is 1. The fourth-order valence-electron chi connectivity index (χ4n) is 1.70. The van der Waals surface area contributed by atoms with E-state index < -0.39 is 0 Å². The van der Waals surface area contributed by atoms with Crippen LogP contribution in [0.1, 0.15) is 17.2 Å². The zero-order valence-electron chi connectivity index (χ0n) is 9.13. The molecule has 82 valence electrons. The number of rotatable bonds is 2. The van der Waals surface area contributed by atoms with Crippen LogP contribution in [0.2, 0.25) is 0 Å². The monoisotopic (exact) mass is 214 g/mol. The van der Waals surface area contributed by atoms with Crippen molar-refractivity contribution >= 4 is 0 Å². The number of hydrogen-bond acceptors (Lipinski definition) is 2. The Balaban J connectivity index is 2.46. The van der Waals surface area contributed by atoms with Crippen LogP contribution in [-0.4, -0.2) is 4.57 Å². The lowest BCUT2D eigenvalue weighted by Crippen LogP contribution is -2.26. The van der Waals surface area contributed by atoms with E-state index in [9.17, 15) is 4.79 Å². The van der Waals surface area contributed by atoms with Gasteiger partial charge < -0.3 is 10.3 Å². The van der Waals surface area contributed by atoms with Crippen LogP contribution in [0, 0.1) is 0 Å². The standard InChI is InChI=1S/C13H14N2O/c1-15-9-5-8-11(13(15)16)12(14)10-6-3-2-4-7-10/h2-9,12H,14H2,1H3. The molecule has 0 radical (unpaired) electrons. The van der Waals surface area contributed by atoms with Crippen LogP contribution in [0.4, 0.5) is 0 Å². The molecule has 0 aliphatic heterocycles. The first-order valence-corrected chi connectivity index (χ1v) is 5.16. The first-order chi connectivity index (χ1) is 7.70. The number of nitrogens with zero attached hydrogens (tertiary/aromatic N) is 1. The van der Waals surface area contributed by atoms with E-state index in [2.05, 4.69) is 0 Å². The third-order valence-electron chi connectivity index (χ3n) is 2.65. The second-order valence-electron chi connectivity index (χ2n) is 3.77. The molecule has 0 saturated carbocycles. The SMILES string of the molecule is Cn1cccc(C(N)c2ccccc2)c1=O. The van der Waals surface area contributed by atoms with E-state index in [-0.39, 0.29) is 11.6 Å². The van der Waals surface area contributed by atoms with Gasteiger partial charge in [0.05, 0.1) is 6.04 Å². The molecule has 0 aliphatic rings. The minimum absolute atomic E-state index is 0.0427. The third-order valence-corrected chi connectivity index (χ3v) is 2.65. The van der Waals surface area contributed by atoms with Gasteiger partial charge >= 0.3 is 0 Å². The largest absolute Gasteiger partial charge is 0.320 e. The Morgan fingerprint density at radius 2 is 1.81 bits per heavy atom. The Hall–Kier alpha value is -1.87. The highest BCUT2D eigenvalue weighted by Gasteiger charge is 2.12. The van der Waals surface area contributed by atoms with Gasteiger partial charge in [-0.25, -0.2) is 0 Å². The molecule has 0 aliphatic carbocycles. The van der Waals surface area contributed by atoms with Gasteiger partial charge in [0.15, 0.2) is 0 Å². The van der Waals surface area contributed by atoms with Crippen molar-refractivity contribution in [2.45, 2.75) is 6.04 Å². The molecular formula is C13H14N2O. The van der Waals surface area contributed by atoms with Crippen molar-refractivity contribution in [1.29, 1.82) is 0 Å². The average Bonchev–Trinajstić information content (AvgIpc) is 2.33. The summed E-state index contributed by atoms with van der Waals surface area (Å²) in [4.78, 5) is 11.9. The molecule has 1 aromatic heterocycles. The summed E-state index contributed by atoms with van der Waals surface area (Å²) in [7, 11) is 1.73. The lowest BCUT2D eigenvalue weighted by molar-refractivity contribution is 0.784. The Bertz CT molecular complexity index is 531. The maximum absolute atomic E-state index is 11.9. The van der Waals surface area contributed by atoms with Crippen molar-refractivity contribution in [3.05, 3.63) is 70.1 Å². The molecular weight excluding hydrogens is 200 g/mol. The molecule has 1 atom stereocenters. The summed E-state index contributed by atoms with van der Waals surface area (Å²) >= 11 is 0. The molecule has 3 nitrogen and oxygen atoms in total. The minimum atomic E-state index is -0.360. The molecule has 0 fully saturated rings. The van der Waals surface area contributed by atoms with E-state index in [0.717, 1.165) is 5.56 Å². The van der Waals surface area contributed by atoms with Crippen molar-refractivity contribution < 1.29 is 0 Å². The highest BCUT2D eigenvalue weighted by molar-refractivity contribution is 5.29. The van der Waals surface area contributed by atoms with E-state index in [1.165, 1.54) is 4.57 Å². The van der Waals surface area contributed by atoms with Gasteiger partial charge in [0, 0.05) is 18.8 Å². The lowest BCUT2D eigenvalue weighted by Gasteiger charge is -2.12. The molecule has 1 aromatic carbocycles. The fraction of sp³-hybridized carbons (Fsp3) is 0.154. The second-order valence-corrected chi connectivity index (χ2v) is 3.77. The Morgan fingerprint density at radius 3 is 2.50 bits per heavy atom. The molecule has 1 unspecified atom stereocenters. The van der Waals surface area contributed by atoms with Gasteiger partial charge in [-0.2, -0.15) is 0 Å². The summed E-state index contributed by atoms with van der Waals surface area (Å²) in [5, 5.41) is 0. The van der Waals surface area contributed by atoms with Crippen LogP contribution in [0.5, 0.6) is 0 Å². The van der Waals surface area contributed by atoms with Crippen molar-refractivity contribution in [2.24, 2.45) is 12.8 Å². The van der Waals surface area contributed by atoms with Gasteiger partial charge in [-0.3, -0.25) is 4.79 Å². The number of pyridine rings is 1. The summed E-state index contributed by atoms with van der Waals surface area (Å²) in [6.45, 7) is 0. The molecule has 2 N–H and O–H groups in total. The normalized spacial score (nSPS) is 12.4. The van der Waals surface area contributed by atoms with Crippen LogP contribution in [0.15, 0.2) is 53.5 Å². The van der Waals surface area contributed by atoms with E-state index in [0.29, 0.717) is 5.56 Å². The Morgan fingerprint density at radius 1 is 1.12 bits per heavy atom. The van der Waals surface area contributed by atoms with Crippen molar-refractivity contribution in [3.8, 4) is 0 Å². The molecule has 0 spiro atoms. The zero-order chi connectivity index (χ0) is 11.5. The molecule has 16 heavy (non-hydrogen) atoms. The number of benzene rings is 1. The number of aromatic nitrogens is 1. The topological polar surface area (TPSA) is 48.0 Å². The molecule has 2 aromatic rings. The van der Waals surface area contributed by atoms with E-state index in [1.54, 1.807) is 19.3 Å². The predicted octanol–water partition coefficient (Wildman–Crippen LogP) is 1.43. The Kier molecular flexibility index (Phi) is 2.88. The van der Waals surface area contributed by atoms with E-state index >= 15 is 0 Å². The second kappa shape index (κ2) is 4.33. The van der Waals surface area contributed by atoms with Gasteiger partial charge in [0.1, 0.15) is 0 Å². The number of hydrogen-bond donors (Lipinski definition) is 1. The van der Waals surface area contributed by atoms with Crippen LogP contribution >= 0.6 is 0 Å². The first kappa shape index (κ1) is 10.6. The number of aryl methyl sites for hydroxylation is 1. The lowest BCUT2D eigenvalue weighted by atomic mass is 10.0. The van der Waals surface area contributed by atoms with Gasteiger partial charge in [0.2, 0.25) is 0 Å². The molecule has 0 amide bonds. The smallest absolute Gasteiger partial charge is 0.255 e. The van der Waals surface area contributed by atoms with Gasteiger partial charge in [0.25, 0.3) is 5.56 Å². The predicted molar refractivity (Wildman–Crippen MR) is 64.2 cm³/mol. The average molecular weight is 214 g/mol. The van der Waals surface area contributed by atoms with E-state index in [4.69, 9.17) is 5.73 Å². The molecule has 0 bridgehead atoms. The summed E-state index contributed by atoms with van der Waals surface area (Å²) < 4.78 is 1.54. The molecule has 3 heteroatoms. The van der Waals surface area contributed by atoms with Crippen LogP contribution in [0.3, 0.4) is 0 Å². The van der Waals surface area contributed by atoms with Gasteiger partial charge in [-0.05, 0) is 11.6 Å². The quantitative estimate of drug-likeness (QED) is 0.822. The minimum Gasteiger partial charge on any atom is -0.320 e. The summed E-state index contributed by atoms with van der Waals surface area (Å²) in [6, 6.07) is 12.9. The maximum atomic E-state index is 11.9. The highest BCUT2D eigenvalue weighted by Crippen LogP contribution is 2.15. The maximum Gasteiger partial charge on any atom is 0.255 e. The summed E-state index contributed by atoms with van der Waals surface area (Å²) in [6.07, 6.45) is 1.73. The molecule has 0 saturated heterocycles. The zero-order valence-corrected chi connectivity index (χ0v) is 9.13. The molecule has 1 heterocycles. The Labute approximate surface area is 94.1 Å². The summed E-state index contributed by atoms with van der Waals surface area (Å²) in [5.41, 5.74) is 7.60. The first-order valence-electron chi connectivity index (χ1n) is 5.16. The van der Waals surface area contributed by atoms with Crippen molar-refractivity contribution in [1.82, 2.24) is 4.57 Å². The van der Waals surface area contributed by atoms with Crippen molar-refractivity contribution in [3.63, 3.8) is 0 Å². The van der Waals surface area contributed by atoms with Crippen LogP contribution in [0.25, 0.3) is 0 Å². The summed E-state index contributed by atoms with van der Waals surface area (Å²) in [5.74, 6) is 0. The van der Waals surface area contributed by atoms with Crippen LogP contribution < -0.4 is 11.3 Å². The third kappa shape index (κ3) is 1.90. The fourth-order valence-corrected chi connectivity index (χ4v) is 1.70. The highest BCUT2D eigenvalue weighted by atomic mass is 16.1. The molecule has 2 rings (SSSR count).